The van der Waals surface area contributed by atoms with E-state index >= 15 is 0 Å². The molecule has 3 heterocycles. The van der Waals surface area contributed by atoms with Gasteiger partial charge in [0.15, 0.2) is 17.0 Å². The average Bonchev–Trinajstić information content (AvgIpc) is 3.10. The standard InChI is InChI=1S/C23H18N3/c1-17-24-16-20-22(18-10-4-2-5-11-18)23(19-12-6-3-7-13-19)25-15-9-8-14-21(25)26(17)20/h2-16H,1H3/q+1. The normalized spacial score (nSPS) is 11.3. The fraction of sp³-hybridized carbons (Fsp3) is 0.0435. The summed E-state index contributed by atoms with van der Waals surface area (Å²) in [5, 5.41) is 0. The number of fused-ring (bicyclic) bond motifs is 3. The van der Waals surface area contributed by atoms with Crippen LogP contribution in [0.25, 0.3) is 33.5 Å². The van der Waals surface area contributed by atoms with Crippen LogP contribution in [-0.2, 0) is 0 Å². The van der Waals surface area contributed by atoms with E-state index in [1.54, 1.807) is 0 Å². The molecule has 0 atom stereocenters. The van der Waals surface area contributed by atoms with Crippen molar-refractivity contribution in [2.45, 2.75) is 6.92 Å². The third kappa shape index (κ3) is 2.14. The van der Waals surface area contributed by atoms with Crippen molar-refractivity contribution in [2.75, 3.05) is 0 Å². The molecule has 0 aliphatic heterocycles. The maximum absolute atomic E-state index is 4.62. The smallest absolute Gasteiger partial charge is 0.217 e. The molecule has 0 amide bonds. The van der Waals surface area contributed by atoms with Crippen LogP contribution in [-0.4, -0.2) is 9.38 Å². The molecule has 0 spiro atoms. The molecule has 0 aliphatic rings. The van der Waals surface area contributed by atoms with Crippen LogP contribution in [0.4, 0.5) is 0 Å². The van der Waals surface area contributed by atoms with E-state index in [1.807, 2.05) is 6.20 Å². The van der Waals surface area contributed by atoms with Crippen molar-refractivity contribution < 1.29 is 4.40 Å². The number of pyridine rings is 1. The van der Waals surface area contributed by atoms with Crippen LogP contribution < -0.4 is 4.40 Å². The van der Waals surface area contributed by atoms with Crippen LogP contribution in [0, 0.1) is 6.92 Å². The Morgan fingerprint density at radius 1 is 0.769 bits per heavy atom. The minimum absolute atomic E-state index is 0.987. The van der Waals surface area contributed by atoms with Crippen molar-refractivity contribution in [1.82, 2.24) is 9.38 Å². The van der Waals surface area contributed by atoms with E-state index in [1.165, 1.54) is 22.4 Å². The quantitative estimate of drug-likeness (QED) is 0.428. The maximum Gasteiger partial charge on any atom is 0.293 e. The summed E-state index contributed by atoms with van der Waals surface area (Å²) in [4.78, 5) is 4.62. The number of hydrogen-bond acceptors (Lipinski definition) is 1. The summed E-state index contributed by atoms with van der Waals surface area (Å²) in [5.74, 6) is 0.987. The van der Waals surface area contributed by atoms with Crippen molar-refractivity contribution in [2.24, 2.45) is 0 Å². The van der Waals surface area contributed by atoms with Gasteiger partial charge >= 0.3 is 0 Å². The predicted octanol–water partition coefficient (Wildman–Crippen LogP) is 4.72. The first-order valence-electron chi connectivity index (χ1n) is 8.76. The van der Waals surface area contributed by atoms with Crippen molar-refractivity contribution in [3.05, 3.63) is 97.1 Å². The molecule has 2 aromatic carbocycles. The number of aromatic nitrogens is 3. The van der Waals surface area contributed by atoms with Gasteiger partial charge in [-0.15, -0.1) is 0 Å². The zero-order chi connectivity index (χ0) is 17.5. The van der Waals surface area contributed by atoms with Gasteiger partial charge in [-0.05, 0) is 11.6 Å². The van der Waals surface area contributed by atoms with Gasteiger partial charge in [0, 0.05) is 18.6 Å². The summed E-state index contributed by atoms with van der Waals surface area (Å²) >= 11 is 0. The Hall–Kier alpha value is -3.46. The second kappa shape index (κ2) is 5.81. The van der Waals surface area contributed by atoms with E-state index < -0.39 is 0 Å². The lowest BCUT2D eigenvalue weighted by Gasteiger charge is -2.12. The van der Waals surface area contributed by atoms with E-state index in [0.717, 1.165) is 17.0 Å². The summed E-state index contributed by atoms with van der Waals surface area (Å²) in [6.07, 6.45) is 4.11. The zero-order valence-electron chi connectivity index (χ0n) is 14.5. The monoisotopic (exact) mass is 336 g/mol. The fourth-order valence-electron chi connectivity index (χ4n) is 3.73. The van der Waals surface area contributed by atoms with Crippen LogP contribution >= 0.6 is 0 Å². The molecule has 0 unspecified atom stereocenters. The minimum atomic E-state index is 0.987. The van der Waals surface area contributed by atoms with E-state index in [0.29, 0.717) is 0 Å². The third-order valence-electron chi connectivity index (χ3n) is 4.85. The van der Waals surface area contributed by atoms with Gasteiger partial charge in [-0.25, -0.2) is 4.98 Å². The summed E-state index contributed by atoms with van der Waals surface area (Å²) in [6.45, 7) is 2.05. The molecular formula is C23H18N3+. The second-order valence-electron chi connectivity index (χ2n) is 6.41. The fourth-order valence-corrected chi connectivity index (χ4v) is 3.73. The molecule has 0 N–H and O–H groups in total. The van der Waals surface area contributed by atoms with Gasteiger partial charge < -0.3 is 0 Å². The van der Waals surface area contributed by atoms with Crippen LogP contribution in [0.2, 0.25) is 0 Å². The van der Waals surface area contributed by atoms with Gasteiger partial charge in [-0.2, -0.15) is 8.80 Å². The molecule has 124 valence electrons. The molecule has 5 rings (SSSR count). The molecule has 5 aromatic rings. The van der Waals surface area contributed by atoms with E-state index in [4.69, 9.17) is 0 Å². The SMILES string of the molecule is Cc1ncc2c(-c3ccccc3)c(-c3ccccc3)[n+]3ccccc3n12. The van der Waals surface area contributed by atoms with Crippen molar-refractivity contribution >= 4 is 11.2 Å². The highest BCUT2D eigenvalue weighted by Crippen LogP contribution is 2.34. The number of nitrogens with zero attached hydrogens (tertiary/aromatic N) is 3. The van der Waals surface area contributed by atoms with Gasteiger partial charge in [-0.1, -0.05) is 66.7 Å². The number of rotatable bonds is 2. The van der Waals surface area contributed by atoms with Crippen LogP contribution in [0.5, 0.6) is 0 Å². The molecule has 0 saturated heterocycles. The van der Waals surface area contributed by atoms with Gasteiger partial charge in [0.2, 0.25) is 0 Å². The van der Waals surface area contributed by atoms with Crippen molar-refractivity contribution in [3.8, 4) is 22.4 Å². The Kier molecular flexibility index (Phi) is 3.32. The maximum atomic E-state index is 4.62. The number of aryl methyl sites for hydroxylation is 1. The molecule has 26 heavy (non-hydrogen) atoms. The Bertz CT molecular complexity index is 1220. The first-order valence-corrected chi connectivity index (χ1v) is 8.76. The first kappa shape index (κ1) is 14.8. The van der Waals surface area contributed by atoms with Crippen LogP contribution in [0.1, 0.15) is 5.82 Å². The second-order valence-corrected chi connectivity index (χ2v) is 6.41. The van der Waals surface area contributed by atoms with Gasteiger partial charge in [0.1, 0.15) is 0 Å². The number of benzene rings is 2. The lowest BCUT2D eigenvalue weighted by molar-refractivity contribution is -0.502. The molecule has 0 saturated carbocycles. The molecular weight excluding hydrogens is 318 g/mol. The van der Waals surface area contributed by atoms with Crippen LogP contribution in [0.15, 0.2) is 91.3 Å². The highest BCUT2D eigenvalue weighted by molar-refractivity contribution is 5.91. The molecule has 0 bridgehead atoms. The highest BCUT2D eigenvalue weighted by Gasteiger charge is 2.25. The van der Waals surface area contributed by atoms with E-state index in [9.17, 15) is 0 Å². The Labute approximate surface area is 151 Å². The van der Waals surface area contributed by atoms with Gasteiger partial charge in [-0.3, -0.25) is 0 Å². The summed E-state index contributed by atoms with van der Waals surface area (Å²) in [6, 6.07) is 27.4. The number of imidazole rings is 1. The topological polar surface area (TPSA) is 21.4 Å². The predicted molar refractivity (Wildman–Crippen MR) is 104 cm³/mol. The van der Waals surface area contributed by atoms with Gasteiger partial charge in [0.25, 0.3) is 5.65 Å². The first-order chi connectivity index (χ1) is 12.8. The Morgan fingerprint density at radius 3 is 2.15 bits per heavy atom. The molecule has 3 heteroatoms. The highest BCUT2D eigenvalue weighted by atomic mass is 15.1. The van der Waals surface area contributed by atoms with Crippen molar-refractivity contribution in [1.29, 1.82) is 0 Å². The molecule has 3 nitrogen and oxygen atoms in total. The lowest BCUT2D eigenvalue weighted by Crippen LogP contribution is -2.28. The summed E-state index contributed by atoms with van der Waals surface area (Å²) in [5.41, 5.74) is 6.99. The van der Waals surface area contributed by atoms with Crippen molar-refractivity contribution in [3.63, 3.8) is 0 Å². The average molecular weight is 336 g/mol. The third-order valence-corrected chi connectivity index (χ3v) is 4.85. The molecule has 0 radical (unpaired) electrons. The largest absolute Gasteiger partial charge is 0.293 e. The summed E-state index contributed by atoms with van der Waals surface area (Å²) in [7, 11) is 0. The van der Waals surface area contributed by atoms with Gasteiger partial charge in [0.05, 0.1) is 18.0 Å². The van der Waals surface area contributed by atoms with E-state index in [-0.39, 0.29) is 0 Å². The molecule has 0 aliphatic carbocycles. The zero-order valence-corrected chi connectivity index (χ0v) is 14.5. The van der Waals surface area contributed by atoms with E-state index in [2.05, 4.69) is 106 Å². The lowest BCUT2D eigenvalue weighted by atomic mass is 9.98. The Morgan fingerprint density at radius 2 is 1.42 bits per heavy atom. The molecule has 3 aromatic heterocycles. The van der Waals surface area contributed by atoms with Crippen LogP contribution in [0.3, 0.4) is 0 Å². The molecule has 0 fully saturated rings. The Balaban J connectivity index is 2.06. The number of hydrogen-bond donors (Lipinski definition) is 0. The summed E-state index contributed by atoms with van der Waals surface area (Å²) < 4.78 is 4.49. The minimum Gasteiger partial charge on any atom is -0.217 e.